The molecule has 1 N–H and O–H groups in total. The number of nitrogens with one attached hydrogen (secondary N) is 1. The first-order valence-electron chi connectivity index (χ1n) is 6.89. The van der Waals surface area contributed by atoms with Crippen molar-refractivity contribution in [3.8, 4) is 0 Å². The Kier molecular flexibility index (Phi) is 5.40. The van der Waals surface area contributed by atoms with E-state index in [2.05, 4.69) is 21.2 Å². The molecule has 116 valence electrons. The minimum Gasteiger partial charge on any atom is -0.325 e. The van der Waals surface area contributed by atoms with Crippen molar-refractivity contribution in [3.05, 3.63) is 28.7 Å². The lowest BCUT2D eigenvalue weighted by molar-refractivity contribution is -0.117. The molecule has 1 aromatic rings. The zero-order chi connectivity index (χ0) is 15.5. The Morgan fingerprint density at radius 3 is 2.57 bits per heavy atom. The van der Waals surface area contributed by atoms with E-state index in [1.54, 1.807) is 0 Å². The van der Waals surface area contributed by atoms with Crippen LogP contribution in [0.25, 0.3) is 0 Å². The molecule has 0 saturated carbocycles. The topological polar surface area (TPSA) is 66.5 Å². The molecule has 0 aliphatic carbocycles. The molecular formula is C14H19BrN2O3S. The van der Waals surface area contributed by atoms with Crippen molar-refractivity contribution in [2.24, 2.45) is 0 Å². The SMILES string of the molecule is CCN(CC(=O)Nc1ccc(Br)cc1)[C@H]1CCS(=O)(=O)C1. The average Bonchev–Trinajstić information content (AvgIpc) is 2.79. The molecule has 1 aromatic carbocycles. The molecule has 0 spiro atoms. The summed E-state index contributed by atoms with van der Waals surface area (Å²) >= 11 is 3.34. The summed E-state index contributed by atoms with van der Waals surface area (Å²) in [6, 6.07) is 7.31. The van der Waals surface area contributed by atoms with Crippen LogP contribution in [0.1, 0.15) is 13.3 Å². The third-order valence-corrected chi connectivity index (χ3v) is 5.88. The van der Waals surface area contributed by atoms with Gasteiger partial charge in [0.15, 0.2) is 9.84 Å². The van der Waals surface area contributed by atoms with Gasteiger partial charge >= 0.3 is 0 Å². The fraction of sp³-hybridized carbons (Fsp3) is 0.500. The number of nitrogens with zero attached hydrogens (tertiary/aromatic N) is 1. The predicted octanol–water partition coefficient (Wildman–Crippen LogP) is 1.90. The molecule has 0 bridgehead atoms. The number of rotatable bonds is 5. The summed E-state index contributed by atoms with van der Waals surface area (Å²) in [6.07, 6.45) is 0.613. The predicted molar refractivity (Wildman–Crippen MR) is 87.1 cm³/mol. The van der Waals surface area contributed by atoms with E-state index in [1.165, 1.54) is 0 Å². The van der Waals surface area contributed by atoms with E-state index in [0.717, 1.165) is 10.2 Å². The Hall–Kier alpha value is -0.920. The first-order valence-corrected chi connectivity index (χ1v) is 9.51. The second kappa shape index (κ2) is 6.89. The van der Waals surface area contributed by atoms with Crippen LogP contribution < -0.4 is 5.32 Å². The van der Waals surface area contributed by atoms with Crippen molar-refractivity contribution >= 4 is 37.4 Å². The van der Waals surface area contributed by atoms with Crippen molar-refractivity contribution in [1.82, 2.24) is 4.90 Å². The van der Waals surface area contributed by atoms with Gasteiger partial charge in [0.1, 0.15) is 0 Å². The molecule has 7 heteroatoms. The van der Waals surface area contributed by atoms with Gasteiger partial charge in [0.2, 0.25) is 5.91 Å². The monoisotopic (exact) mass is 374 g/mol. The Balaban J connectivity index is 1.92. The van der Waals surface area contributed by atoms with Gasteiger partial charge < -0.3 is 5.32 Å². The molecular weight excluding hydrogens is 356 g/mol. The molecule has 1 amide bonds. The van der Waals surface area contributed by atoms with Crippen LogP contribution in [0, 0.1) is 0 Å². The molecule has 1 aliphatic heterocycles. The Bertz CT molecular complexity index is 601. The van der Waals surface area contributed by atoms with Crippen LogP contribution in [-0.2, 0) is 14.6 Å². The van der Waals surface area contributed by atoms with Gasteiger partial charge in [-0.25, -0.2) is 8.42 Å². The van der Waals surface area contributed by atoms with E-state index < -0.39 is 9.84 Å². The number of likely N-dealkylation sites (N-methyl/N-ethyl adjacent to an activating group) is 1. The number of anilines is 1. The van der Waals surface area contributed by atoms with Crippen molar-refractivity contribution in [2.45, 2.75) is 19.4 Å². The maximum Gasteiger partial charge on any atom is 0.238 e. The lowest BCUT2D eigenvalue weighted by Crippen LogP contribution is -2.41. The normalized spacial score (nSPS) is 20.6. The second-order valence-electron chi connectivity index (χ2n) is 5.18. The molecule has 0 radical (unpaired) electrons. The molecule has 1 atom stereocenters. The molecule has 0 aromatic heterocycles. The maximum atomic E-state index is 12.1. The fourth-order valence-corrected chi connectivity index (χ4v) is 4.51. The zero-order valence-corrected chi connectivity index (χ0v) is 14.3. The summed E-state index contributed by atoms with van der Waals surface area (Å²) < 4.78 is 24.0. The van der Waals surface area contributed by atoms with Gasteiger partial charge in [0.25, 0.3) is 0 Å². The molecule has 1 saturated heterocycles. The molecule has 1 aliphatic rings. The smallest absolute Gasteiger partial charge is 0.238 e. The number of sulfone groups is 1. The molecule has 2 rings (SSSR count). The van der Waals surface area contributed by atoms with E-state index in [1.807, 2.05) is 36.1 Å². The van der Waals surface area contributed by atoms with Gasteiger partial charge in [-0.2, -0.15) is 0 Å². The Labute approximate surface area is 133 Å². The minimum atomic E-state index is -2.93. The van der Waals surface area contributed by atoms with E-state index in [9.17, 15) is 13.2 Å². The number of benzene rings is 1. The highest BCUT2D eigenvalue weighted by molar-refractivity contribution is 9.10. The van der Waals surface area contributed by atoms with Gasteiger partial charge in [0.05, 0.1) is 18.1 Å². The summed E-state index contributed by atoms with van der Waals surface area (Å²) in [7, 11) is -2.93. The zero-order valence-electron chi connectivity index (χ0n) is 11.9. The van der Waals surface area contributed by atoms with Crippen molar-refractivity contribution in [2.75, 3.05) is 29.9 Å². The lowest BCUT2D eigenvalue weighted by Gasteiger charge is -2.25. The van der Waals surface area contributed by atoms with Crippen molar-refractivity contribution in [1.29, 1.82) is 0 Å². The maximum absolute atomic E-state index is 12.1. The fourth-order valence-electron chi connectivity index (χ4n) is 2.48. The molecule has 21 heavy (non-hydrogen) atoms. The quantitative estimate of drug-likeness (QED) is 0.854. The van der Waals surface area contributed by atoms with Gasteiger partial charge in [-0.15, -0.1) is 0 Å². The summed E-state index contributed by atoms with van der Waals surface area (Å²) in [5, 5.41) is 2.83. The van der Waals surface area contributed by atoms with Gasteiger partial charge in [-0.3, -0.25) is 9.69 Å². The van der Waals surface area contributed by atoms with Crippen LogP contribution in [-0.4, -0.2) is 49.9 Å². The average molecular weight is 375 g/mol. The van der Waals surface area contributed by atoms with Crippen LogP contribution in [0.2, 0.25) is 0 Å². The van der Waals surface area contributed by atoms with Crippen molar-refractivity contribution in [3.63, 3.8) is 0 Å². The van der Waals surface area contributed by atoms with Gasteiger partial charge in [-0.1, -0.05) is 22.9 Å². The second-order valence-corrected chi connectivity index (χ2v) is 8.32. The summed E-state index contributed by atoms with van der Waals surface area (Å²) in [6.45, 7) is 2.82. The summed E-state index contributed by atoms with van der Waals surface area (Å²) in [5.74, 6) is 0.262. The van der Waals surface area contributed by atoms with Crippen molar-refractivity contribution < 1.29 is 13.2 Å². The Morgan fingerprint density at radius 2 is 2.05 bits per heavy atom. The van der Waals surface area contributed by atoms with E-state index in [0.29, 0.717) is 13.0 Å². The lowest BCUT2D eigenvalue weighted by atomic mass is 10.2. The molecule has 1 fully saturated rings. The number of carbonyl (C=O) groups is 1. The summed E-state index contributed by atoms with van der Waals surface area (Å²) in [4.78, 5) is 14.0. The van der Waals surface area contributed by atoms with Crippen LogP contribution in [0.15, 0.2) is 28.7 Å². The minimum absolute atomic E-state index is 0.0457. The molecule has 5 nitrogen and oxygen atoms in total. The van der Waals surface area contributed by atoms with Gasteiger partial charge in [0, 0.05) is 16.2 Å². The third-order valence-electron chi connectivity index (χ3n) is 3.61. The molecule has 0 unspecified atom stereocenters. The number of hydrogen-bond acceptors (Lipinski definition) is 4. The number of hydrogen-bond donors (Lipinski definition) is 1. The van der Waals surface area contributed by atoms with E-state index in [-0.39, 0.29) is 30.0 Å². The van der Waals surface area contributed by atoms with Crippen LogP contribution >= 0.6 is 15.9 Å². The number of carbonyl (C=O) groups excluding carboxylic acids is 1. The highest BCUT2D eigenvalue weighted by Gasteiger charge is 2.32. The Morgan fingerprint density at radius 1 is 1.38 bits per heavy atom. The first kappa shape index (κ1) is 16.5. The van der Waals surface area contributed by atoms with Crippen LogP contribution in [0.3, 0.4) is 0 Å². The highest BCUT2D eigenvalue weighted by atomic mass is 79.9. The van der Waals surface area contributed by atoms with E-state index in [4.69, 9.17) is 0 Å². The standard InChI is InChI=1S/C14H19BrN2O3S/c1-2-17(13-7-8-21(19,20)10-13)9-14(18)16-12-5-3-11(15)4-6-12/h3-6,13H,2,7-10H2,1H3,(H,16,18)/t13-/m0/s1. The van der Waals surface area contributed by atoms with Gasteiger partial charge in [-0.05, 0) is 37.2 Å². The first-order chi connectivity index (χ1) is 9.89. The third kappa shape index (κ3) is 4.79. The van der Waals surface area contributed by atoms with Crippen LogP contribution in [0.5, 0.6) is 0 Å². The number of amides is 1. The number of halogens is 1. The van der Waals surface area contributed by atoms with E-state index >= 15 is 0 Å². The molecule has 1 heterocycles. The highest BCUT2D eigenvalue weighted by Crippen LogP contribution is 2.18. The largest absolute Gasteiger partial charge is 0.325 e. The van der Waals surface area contributed by atoms with Crippen LogP contribution in [0.4, 0.5) is 5.69 Å². The summed E-state index contributed by atoms with van der Waals surface area (Å²) in [5.41, 5.74) is 0.735.